The first-order valence-corrected chi connectivity index (χ1v) is 14.2. The first kappa shape index (κ1) is 27.2. The molecule has 6 rings (SSSR count). The van der Waals surface area contributed by atoms with E-state index in [0.29, 0.717) is 17.2 Å². The number of methoxy groups -OCH3 is 1. The number of rotatable bonds is 7. The van der Waals surface area contributed by atoms with E-state index in [4.69, 9.17) is 19.7 Å². The third-order valence-electron chi connectivity index (χ3n) is 8.83. The van der Waals surface area contributed by atoms with Gasteiger partial charge in [-0.05, 0) is 81.3 Å². The van der Waals surface area contributed by atoms with Crippen molar-refractivity contribution in [2.24, 2.45) is 11.7 Å². The third kappa shape index (κ3) is 4.63. The number of aryl methyl sites for hydroxylation is 2. The van der Waals surface area contributed by atoms with Gasteiger partial charge in [0.2, 0.25) is 5.91 Å². The monoisotopic (exact) mass is 551 g/mol. The van der Waals surface area contributed by atoms with Crippen LogP contribution in [0.5, 0.6) is 0 Å². The van der Waals surface area contributed by atoms with Crippen LogP contribution in [0.4, 0.5) is 0 Å². The van der Waals surface area contributed by atoms with Gasteiger partial charge < -0.3 is 24.3 Å². The minimum Gasteiger partial charge on any atom is -0.381 e. The number of primary amides is 1. The fourth-order valence-electron chi connectivity index (χ4n) is 6.51. The largest absolute Gasteiger partial charge is 0.381 e. The Bertz CT molecular complexity index is 1720. The van der Waals surface area contributed by atoms with Crippen LogP contribution in [0.1, 0.15) is 65.7 Å². The highest BCUT2D eigenvalue weighted by Crippen LogP contribution is 2.44. The number of nitrogens with two attached hydrogens (primary N) is 1. The van der Waals surface area contributed by atoms with Crippen LogP contribution >= 0.6 is 0 Å². The molecule has 0 bridgehead atoms. The lowest BCUT2D eigenvalue weighted by molar-refractivity contribution is 0.0193. The average molecular weight is 552 g/mol. The van der Waals surface area contributed by atoms with E-state index in [9.17, 15) is 4.79 Å². The van der Waals surface area contributed by atoms with Crippen molar-refractivity contribution >= 4 is 27.7 Å². The van der Waals surface area contributed by atoms with Gasteiger partial charge in [-0.1, -0.05) is 47.6 Å². The lowest BCUT2D eigenvalue weighted by Crippen LogP contribution is -2.27. The lowest BCUT2D eigenvalue weighted by atomic mass is 9.86. The van der Waals surface area contributed by atoms with Crippen LogP contribution in [0.25, 0.3) is 32.9 Å². The molecule has 0 saturated carbocycles. The van der Waals surface area contributed by atoms with E-state index in [1.807, 2.05) is 19.9 Å². The molecule has 1 atom stereocenters. The predicted molar refractivity (Wildman–Crippen MR) is 161 cm³/mol. The van der Waals surface area contributed by atoms with Crippen LogP contribution in [0.3, 0.4) is 0 Å². The summed E-state index contributed by atoms with van der Waals surface area (Å²) in [4.78, 5) is 13.1. The van der Waals surface area contributed by atoms with E-state index in [-0.39, 0.29) is 6.04 Å². The molecule has 1 saturated heterocycles. The number of amides is 1. The zero-order valence-electron chi connectivity index (χ0n) is 24.4. The van der Waals surface area contributed by atoms with Crippen LogP contribution in [0.2, 0.25) is 0 Å². The molecule has 212 valence electrons. The van der Waals surface area contributed by atoms with Crippen molar-refractivity contribution in [3.63, 3.8) is 0 Å². The van der Waals surface area contributed by atoms with Crippen molar-refractivity contribution in [1.82, 2.24) is 9.72 Å². The van der Waals surface area contributed by atoms with Crippen LogP contribution in [-0.4, -0.2) is 36.0 Å². The second-order valence-corrected chi connectivity index (χ2v) is 11.6. The Labute approximate surface area is 240 Å². The highest BCUT2D eigenvalue weighted by molar-refractivity contribution is 6.19. The molecule has 0 aliphatic carbocycles. The molecule has 1 aliphatic rings. The summed E-state index contributed by atoms with van der Waals surface area (Å²) in [5.74, 6) is 0.572. The minimum absolute atomic E-state index is 0.0154. The molecule has 1 aliphatic heterocycles. The van der Waals surface area contributed by atoms with Gasteiger partial charge >= 0.3 is 0 Å². The maximum atomic E-state index is 13.1. The topological polar surface area (TPSA) is 92.5 Å². The lowest BCUT2D eigenvalue weighted by Gasteiger charge is -2.33. The van der Waals surface area contributed by atoms with Gasteiger partial charge in [0.1, 0.15) is 5.76 Å². The van der Waals surface area contributed by atoms with Crippen molar-refractivity contribution in [1.29, 1.82) is 0 Å². The van der Waals surface area contributed by atoms with Gasteiger partial charge in [-0.2, -0.15) is 0 Å². The maximum Gasteiger partial charge on any atom is 0.249 e. The number of benzene rings is 3. The number of hydrogen-bond donors (Lipinski definition) is 1. The molecular weight excluding hydrogens is 514 g/mol. The number of carbonyl (C=O) groups excluding carboxylic acids is 1. The Morgan fingerprint density at radius 1 is 1.05 bits per heavy atom. The quantitative estimate of drug-likeness (QED) is 0.234. The van der Waals surface area contributed by atoms with Crippen molar-refractivity contribution in [2.75, 3.05) is 20.3 Å². The Morgan fingerprint density at radius 2 is 1.78 bits per heavy atom. The van der Waals surface area contributed by atoms with Gasteiger partial charge in [0.25, 0.3) is 0 Å². The molecule has 1 unspecified atom stereocenters. The van der Waals surface area contributed by atoms with Gasteiger partial charge in [0.05, 0.1) is 28.4 Å². The molecule has 2 aromatic heterocycles. The van der Waals surface area contributed by atoms with Gasteiger partial charge in [0.15, 0.2) is 0 Å². The van der Waals surface area contributed by atoms with Crippen molar-refractivity contribution in [3.05, 3.63) is 88.8 Å². The van der Waals surface area contributed by atoms with Crippen LogP contribution < -0.4 is 5.73 Å². The van der Waals surface area contributed by atoms with Crippen LogP contribution in [0.15, 0.2) is 65.2 Å². The van der Waals surface area contributed by atoms with Crippen molar-refractivity contribution < 1.29 is 18.8 Å². The standard InChI is InChI=1S/C34H37N3O4/c1-20-30(21(2)41-36-20)24-17-27(33(35)38)31-26-12-11-25(34(3,4)39-5)19-28(26)37(29(31)18-24)32(22-9-7-6-8-10-22)23-13-15-40-16-14-23/h6-12,17-19,23,32H,13-16H2,1-5H3,(H2,35,38). The molecule has 7 nitrogen and oxygen atoms in total. The summed E-state index contributed by atoms with van der Waals surface area (Å²) in [6.07, 6.45) is 1.88. The molecule has 0 radical (unpaired) electrons. The summed E-state index contributed by atoms with van der Waals surface area (Å²) in [6.45, 7) is 9.40. The Morgan fingerprint density at radius 3 is 2.41 bits per heavy atom. The first-order chi connectivity index (χ1) is 19.7. The Balaban J connectivity index is 1.77. The van der Waals surface area contributed by atoms with E-state index >= 15 is 0 Å². The fraction of sp³-hybridized carbons (Fsp3) is 0.353. The summed E-state index contributed by atoms with van der Waals surface area (Å²) in [7, 11) is 1.73. The third-order valence-corrected chi connectivity index (χ3v) is 8.83. The summed E-state index contributed by atoms with van der Waals surface area (Å²) >= 11 is 0. The molecular formula is C34H37N3O4. The molecule has 1 fully saturated rings. The molecule has 3 heterocycles. The van der Waals surface area contributed by atoms with Crippen LogP contribution in [-0.2, 0) is 15.1 Å². The van der Waals surface area contributed by atoms with Gasteiger partial charge in [-0.15, -0.1) is 0 Å². The number of fused-ring (bicyclic) bond motifs is 3. The molecule has 0 spiro atoms. The van der Waals surface area contributed by atoms with Crippen LogP contribution in [0, 0.1) is 19.8 Å². The van der Waals surface area contributed by atoms with Gasteiger partial charge in [0, 0.05) is 42.2 Å². The number of carbonyl (C=O) groups is 1. The highest BCUT2D eigenvalue weighted by atomic mass is 16.5. The molecule has 3 aromatic carbocycles. The van der Waals surface area contributed by atoms with Crippen molar-refractivity contribution in [2.45, 2.75) is 52.2 Å². The smallest absolute Gasteiger partial charge is 0.249 e. The predicted octanol–water partition coefficient (Wildman–Crippen LogP) is 7.06. The summed E-state index contributed by atoms with van der Waals surface area (Å²) in [5, 5.41) is 6.04. The summed E-state index contributed by atoms with van der Waals surface area (Å²) in [5.41, 5.74) is 12.9. The average Bonchev–Trinajstić information content (AvgIpc) is 3.49. The van der Waals surface area contributed by atoms with Gasteiger partial charge in [-0.3, -0.25) is 4.79 Å². The Kier molecular flexibility index (Phi) is 6.96. The molecule has 2 N–H and O–H groups in total. The normalized spacial score (nSPS) is 15.5. The molecule has 1 amide bonds. The highest BCUT2D eigenvalue weighted by Gasteiger charge is 2.32. The van der Waals surface area contributed by atoms with E-state index in [2.05, 4.69) is 78.2 Å². The second kappa shape index (κ2) is 10.5. The van der Waals surface area contributed by atoms with E-state index < -0.39 is 11.5 Å². The first-order valence-electron chi connectivity index (χ1n) is 14.2. The summed E-state index contributed by atoms with van der Waals surface area (Å²) < 4.78 is 19.6. The fourth-order valence-corrected chi connectivity index (χ4v) is 6.51. The summed E-state index contributed by atoms with van der Waals surface area (Å²) in [6, 6.07) is 21.1. The second-order valence-electron chi connectivity index (χ2n) is 11.6. The minimum atomic E-state index is -0.495. The number of aromatic nitrogens is 2. The zero-order valence-corrected chi connectivity index (χ0v) is 24.4. The molecule has 7 heteroatoms. The Hall–Kier alpha value is -3.94. The SMILES string of the molecule is COC(C)(C)c1ccc2c3c(C(N)=O)cc(-c4c(C)noc4C)cc3n(C(c3ccccc3)C3CCOCC3)c2c1. The van der Waals surface area contributed by atoms with Gasteiger partial charge in [-0.25, -0.2) is 0 Å². The van der Waals surface area contributed by atoms with E-state index in [0.717, 1.165) is 70.2 Å². The van der Waals surface area contributed by atoms with E-state index in [1.54, 1.807) is 7.11 Å². The number of ether oxygens (including phenoxy) is 2. The van der Waals surface area contributed by atoms with Crippen molar-refractivity contribution in [3.8, 4) is 11.1 Å². The van der Waals surface area contributed by atoms with E-state index in [1.165, 1.54) is 5.56 Å². The molecule has 5 aromatic rings. The zero-order chi connectivity index (χ0) is 28.9. The number of nitrogens with zero attached hydrogens (tertiary/aromatic N) is 2. The maximum absolute atomic E-state index is 13.1. The molecule has 41 heavy (non-hydrogen) atoms. The number of hydrogen-bond acceptors (Lipinski definition) is 5.